The molecule has 2 aliphatic heterocycles. The molecule has 1 spiro atoms. The summed E-state index contributed by atoms with van der Waals surface area (Å²) < 4.78 is 0. The van der Waals surface area contributed by atoms with Gasteiger partial charge in [0.2, 0.25) is 0 Å². The van der Waals surface area contributed by atoms with E-state index >= 15 is 0 Å². The number of allylic oxidation sites excluding steroid dienone is 7. The van der Waals surface area contributed by atoms with Crippen LogP contribution in [0.1, 0.15) is 43.4 Å². The van der Waals surface area contributed by atoms with E-state index in [-0.39, 0.29) is 5.16 Å². The van der Waals surface area contributed by atoms with Crippen LogP contribution in [0, 0.1) is 0 Å². The molecule has 4 heteroatoms. The molecule has 0 fully saturated rings. The van der Waals surface area contributed by atoms with E-state index in [0.29, 0.717) is 17.5 Å². The summed E-state index contributed by atoms with van der Waals surface area (Å²) in [5, 5.41) is 8.83. The van der Waals surface area contributed by atoms with Crippen LogP contribution in [0.3, 0.4) is 0 Å². The lowest BCUT2D eigenvalue weighted by Gasteiger charge is -2.36. The molecule has 0 bridgehead atoms. The van der Waals surface area contributed by atoms with Crippen LogP contribution in [0.4, 0.5) is 0 Å². The zero-order chi connectivity index (χ0) is 42.1. The minimum absolute atomic E-state index is 0.341. The zero-order valence-corrected chi connectivity index (χ0v) is 36.3. The van der Waals surface area contributed by atoms with E-state index in [4.69, 9.17) is 15.0 Å². The first kappa shape index (κ1) is 37.6. The Morgan fingerprint density at radius 3 is 1.79 bits per heavy atom. The van der Waals surface area contributed by atoms with Crippen molar-refractivity contribution in [3.8, 4) is 45.3 Å². The highest BCUT2D eigenvalue weighted by Gasteiger charge is 2.53. The highest BCUT2D eigenvalue weighted by Crippen LogP contribution is 2.73. The molecule has 0 saturated carbocycles. The molecule has 1 aliphatic carbocycles. The minimum atomic E-state index is -1.58. The van der Waals surface area contributed by atoms with Gasteiger partial charge in [-0.25, -0.2) is 15.0 Å². The van der Waals surface area contributed by atoms with E-state index in [9.17, 15) is 0 Å². The second-order valence-corrected chi connectivity index (χ2v) is 19.1. The van der Waals surface area contributed by atoms with Crippen molar-refractivity contribution in [1.29, 1.82) is 0 Å². The zero-order valence-electron chi connectivity index (χ0n) is 35.3. The smallest absolute Gasteiger partial charge is 0.164 e. The Hall–Kier alpha value is -7.19. The molecule has 12 rings (SSSR count). The molecular formula is C59H44N3P. The third-order valence-corrected chi connectivity index (χ3v) is 16.7. The van der Waals surface area contributed by atoms with Crippen LogP contribution in [0.25, 0.3) is 83.2 Å². The van der Waals surface area contributed by atoms with Gasteiger partial charge in [-0.15, -0.1) is 0 Å². The molecule has 2 atom stereocenters. The summed E-state index contributed by atoms with van der Waals surface area (Å²) in [6, 6.07) is 61.4. The maximum atomic E-state index is 5.31. The second kappa shape index (κ2) is 15.0. The maximum Gasteiger partial charge on any atom is 0.164 e. The fourth-order valence-corrected chi connectivity index (χ4v) is 14.7. The van der Waals surface area contributed by atoms with Crippen LogP contribution in [0.5, 0.6) is 0 Å². The summed E-state index contributed by atoms with van der Waals surface area (Å²) in [5.41, 5.74) is 13.9. The number of aromatic nitrogens is 3. The van der Waals surface area contributed by atoms with Gasteiger partial charge in [-0.1, -0.05) is 215 Å². The molecule has 63 heavy (non-hydrogen) atoms. The van der Waals surface area contributed by atoms with Gasteiger partial charge in [0.05, 0.1) is 5.16 Å². The van der Waals surface area contributed by atoms with Gasteiger partial charge in [0.15, 0.2) is 17.5 Å². The molecule has 3 aliphatic rings. The van der Waals surface area contributed by atoms with Crippen LogP contribution in [0.15, 0.2) is 211 Å². The van der Waals surface area contributed by atoms with Gasteiger partial charge in [-0.3, -0.25) is 0 Å². The second-order valence-electron chi connectivity index (χ2n) is 16.7. The van der Waals surface area contributed by atoms with Gasteiger partial charge < -0.3 is 0 Å². The SMILES string of the molecule is CC/C=C\C1=C(CC)C2(c3ccccc3-c3c2c2ccccc2c2ccccc32)[PH]2=C1C=CC(c1c(-c3nc(-c4ccccc4)nc(-c4ccccc4)n3)ccc3ccccc13)=C2. The molecule has 0 N–H and O–H groups in total. The van der Waals surface area contributed by atoms with Crippen molar-refractivity contribution >= 4 is 50.7 Å². The number of hydrogen-bond acceptors (Lipinski definition) is 3. The number of nitrogens with zero attached hydrogens (tertiary/aromatic N) is 3. The largest absolute Gasteiger partial charge is 0.208 e. The Kier molecular flexibility index (Phi) is 8.95. The maximum absolute atomic E-state index is 5.31. The summed E-state index contributed by atoms with van der Waals surface area (Å²) >= 11 is 0. The molecule has 1 aromatic heterocycles. The molecule has 2 unspecified atom stereocenters. The van der Waals surface area contributed by atoms with Crippen LogP contribution in [0.2, 0.25) is 0 Å². The van der Waals surface area contributed by atoms with Gasteiger partial charge in [0, 0.05) is 22.3 Å². The molecule has 0 saturated heterocycles. The molecule has 0 amide bonds. The molecule has 8 aromatic carbocycles. The Labute approximate surface area is 369 Å². The first-order valence-electron chi connectivity index (χ1n) is 22.2. The summed E-state index contributed by atoms with van der Waals surface area (Å²) in [6.45, 7) is 4.63. The van der Waals surface area contributed by atoms with Crippen molar-refractivity contribution < 1.29 is 0 Å². The van der Waals surface area contributed by atoms with E-state index < -0.39 is 7.55 Å². The monoisotopic (exact) mass is 825 g/mol. The Morgan fingerprint density at radius 1 is 0.508 bits per heavy atom. The quantitative estimate of drug-likeness (QED) is 0.119. The van der Waals surface area contributed by atoms with Crippen molar-refractivity contribution in [2.75, 3.05) is 0 Å². The van der Waals surface area contributed by atoms with Crippen molar-refractivity contribution in [3.05, 3.63) is 228 Å². The first-order valence-corrected chi connectivity index (χ1v) is 23.7. The number of fused-ring (bicyclic) bond motifs is 12. The molecule has 0 radical (unpaired) electrons. The number of hydrogen-bond donors (Lipinski definition) is 0. The highest BCUT2D eigenvalue weighted by molar-refractivity contribution is 7.65. The van der Waals surface area contributed by atoms with Crippen LogP contribution in [-0.4, -0.2) is 20.2 Å². The van der Waals surface area contributed by atoms with E-state index in [2.05, 4.69) is 177 Å². The molecule has 3 heterocycles. The fraction of sp³-hybridized carbons (Fsp3) is 0.0847. The Morgan fingerprint density at radius 2 is 1.10 bits per heavy atom. The number of benzene rings is 8. The molecule has 9 aromatic rings. The lowest BCUT2D eigenvalue weighted by atomic mass is 9.80. The van der Waals surface area contributed by atoms with Crippen LogP contribution < -0.4 is 0 Å². The van der Waals surface area contributed by atoms with E-state index in [1.165, 1.54) is 76.6 Å². The average molecular weight is 826 g/mol. The molecule has 300 valence electrons. The van der Waals surface area contributed by atoms with Crippen molar-refractivity contribution in [3.63, 3.8) is 0 Å². The summed E-state index contributed by atoms with van der Waals surface area (Å²) in [5.74, 6) is 4.69. The van der Waals surface area contributed by atoms with E-state index in [1.807, 2.05) is 36.4 Å². The highest BCUT2D eigenvalue weighted by atomic mass is 31.1. The molecular weight excluding hydrogens is 782 g/mol. The van der Waals surface area contributed by atoms with Gasteiger partial charge >= 0.3 is 0 Å². The predicted octanol–water partition coefficient (Wildman–Crippen LogP) is 15.2. The van der Waals surface area contributed by atoms with Gasteiger partial charge in [-0.2, -0.15) is 0 Å². The van der Waals surface area contributed by atoms with Crippen LogP contribution >= 0.6 is 7.55 Å². The standard InChI is InChI=1S/C59H44N3P/c1-3-5-25-47-50(4-2)59(51-32-19-18-31-48(51)54-45-29-16-14-27-43(45)44-28-15-17-30-46(44)55(54)59)63-37-41(34-36-52(47)63)53-42-26-13-12-20-38(42)33-35-49(53)58-61-56(39-21-8-6-9-22-39)60-57(62-58)40-23-10-7-11-24-40/h5-37,63H,3-4H2,1-2H3/b25-5-. The lowest BCUT2D eigenvalue weighted by Crippen LogP contribution is -2.22. The lowest BCUT2D eigenvalue weighted by molar-refractivity contribution is 0.840. The van der Waals surface area contributed by atoms with Crippen molar-refractivity contribution in [2.24, 2.45) is 0 Å². The van der Waals surface area contributed by atoms with E-state index in [1.54, 1.807) is 0 Å². The fourth-order valence-electron chi connectivity index (χ4n) is 10.9. The van der Waals surface area contributed by atoms with E-state index in [0.717, 1.165) is 35.1 Å². The molecule has 3 nitrogen and oxygen atoms in total. The van der Waals surface area contributed by atoms with Crippen molar-refractivity contribution in [2.45, 2.75) is 31.8 Å². The summed E-state index contributed by atoms with van der Waals surface area (Å²) in [4.78, 5) is 15.7. The minimum Gasteiger partial charge on any atom is -0.208 e. The van der Waals surface area contributed by atoms with Crippen molar-refractivity contribution in [1.82, 2.24) is 15.0 Å². The van der Waals surface area contributed by atoms with Gasteiger partial charge in [0.1, 0.15) is 0 Å². The Balaban J connectivity index is 1.18. The predicted molar refractivity (Wildman–Crippen MR) is 268 cm³/mol. The average Bonchev–Trinajstić information content (AvgIpc) is 3.82. The van der Waals surface area contributed by atoms with Gasteiger partial charge in [-0.05, 0) is 95.5 Å². The Bertz CT molecular complexity index is 3460. The summed E-state index contributed by atoms with van der Waals surface area (Å²) in [6.07, 6.45) is 11.6. The topological polar surface area (TPSA) is 38.7 Å². The summed E-state index contributed by atoms with van der Waals surface area (Å²) in [7, 11) is -1.58. The first-order chi connectivity index (χ1) is 31.2. The number of rotatable bonds is 7. The van der Waals surface area contributed by atoms with Crippen LogP contribution in [-0.2, 0) is 5.16 Å². The third kappa shape index (κ3) is 5.63. The normalized spacial score (nSPS) is 17.6. The third-order valence-electron chi connectivity index (χ3n) is 13.4. The van der Waals surface area contributed by atoms with Gasteiger partial charge in [0.25, 0.3) is 0 Å².